The molecule has 1 aromatic rings. The van der Waals surface area contributed by atoms with Crippen LogP contribution < -0.4 is 10.6 Å². The topological polar surface area (TPSA) is 91.3 Å². The van der Waals surface area contributed by atoms with Crippen LogP contribution in [0.2, 0.25) is 0 Å². The monoisotopic (exact) mass is 291 g/mol. The standard InChI is InChI=1S/C15H21N3O3/c1-11(12-5-4-8-16-9-12)18-14(21)17-10-15(13(19)20)6-2-3-7-15/h4-5,8-9,11H,2-3,6-7,10H2,1H3,(H,19,20)(H2,17,18,21). The van der Waals surface area contributed by atoms with E-state index in [1.54, 1.807) is 12.4 Å². The lowest BCUT2D eigenvalue weighted by Crippen LogP contribution is -2.45. The number of amides is 2. The maximum atomic E-state index is 11.9. The number of carboxylic acid groups (broad SMARTS) is 1. The van der Waals surface area contributed by atoms with Crippen molar-refractivity contribution in [3.63, 3.8) is 0 Å². The van der Waals surface area contributed by atoms with Crippen molar-refractivity contribution in [1.82, 2.24) is 15.6 Å². The van der Waals surface area contributed by atoms with E-state index >= 15 is 0 Å². The van der Waals surface area contributed by atoms with Gasteiger partial charge in [-0.1, -0.05) is 18.9 Å². The van der Waals surface area contributed by atoms with Gasteiger partial charge in [-0.25, -0.2) is 4.79 Å². The Morgan fingerprint density at radius 3 is 2.71 bits per heavy atom. The van der Waals surface area contributed by atoms with Crippen LogP contribution in [0.25, 0.3) is 0 Å². The third kappa shape index (κ3) is 3.71. The molecule has 0 aliphatic heterocycles. The van der Waals surface area contributed by atoms with Crippen molar-refractivity contribution in [2.24, 2.45) is 5.41 Å². The van der Waals surface area contributed by atoms with Crippen LogP contribution in [0, 0.1) is 5.41 Å². The third-order valence-electron chi connectivity index (χ3n) is 4.13. The molecular formula is C15H21N3O3. The summed E-state index contributed by atoms with van der Waals surface area (Å²) < 4.78 is 0. The van der Waals surface area contributed by atoms with Gasteiger partial charge in [0.05, 0.1) is 11.5 Å². The Bertz CT molecular complexity index is 498. The summed E-state index contributed by atoms with van der Waals surface area (Å²) in [5.41, 5.74) is 0.107. The van der Waals surface area contributed by atoms with Crippen LogP contribution in [0.15, 0.2) is 24.5 Å². The molecule has 1 saturated carbocycles. The largest absolute Gasteiger partial charge is 0.481 e. The van der Waals surface area contributed by atoms with Crippen LogP contribution in [0.4, 0.5) is 4.79 Å². The highest BCUT2D eigenvalue weighted by atomic mass is 16.4. The van der Waals surface area contributed by atoms with Gasteiger partial charge in [0.1, 0.15) is 0 Å². The molecule has 0 spiro atoms. The van der Waals surface area contributed by atoms with Crippen LogP contribution >= 0.6 is 0 Å². The first-order valence-corrected chi connectivity index (χ1v) is 7.21. The van der Waals surface area contributed by atoms with Crippen LogP contribution in [0.1, 0.15) is 44.2 Å². The Kier molecular flexibility index (Phi) is 4.77. The summed E-state index contributed by atoms with van der Waals surface area (Å²) in [5.74, 6) is -0.819. The summed E-state index contributed by atoms with van der Waals surface area (Å²) >= 11 is 0. The number of nitrogens with one attached hydrogen (secondary N) is 2. The maximum absolute atomic E-state index is 11.9. The predicted molar refractivity (Wildman–Crippen MR) is 77.7 cm³/mol. The Morgan fingerprint density at radius 1 is 1.43 bits per heavy atom. The van der Waals surface area contributed by atoms with Crippen LogP contribution in [0.5, 0.6) is 0 Å². The van der Waals surface area contributed by atoms with E-state index in [-0.39, 0.29) is 18.6 Å². The summed E-state index contributed by atoms with van der Waals surface area (Å²) in [5, 5.41) is 14.8. The van der Waals surface area contributed by atoms with Gasteiger partial charge in [0.25, 0.3) is 0 Å². The van der Waals surface area contributed by atoms with E-state index in [1.165, 1.54) is 0 Å². The van der Waals surface area contributed by atoms with Gasteiger partial charge in [-0.3, -0.25) is 9.78 Å². The molecule has 6 nitrogen and oxygen atoms in total. The van der Waals surface area contributed by atoms with Gasteiger partial charge in [0.2, 0.25) is 0 Å². The minimum atomic E-state index is -0.819. The number of rotatable bonds is 5. The number of carbonyl (C=O) groups is 2. The molecule has 1 aliphatic carbocycles. The fraction of sp³-hybridized carbons (Fsp3) is 0.533. The van der Waals surface area contributed by atoms with Gasteiger partial charge in [-0.2, -0.15) is 0 Å². The number of hydrogen-bond acceptors (Lipinski definition) is 3. The fourth-order valence-corrected chi connectivity index (χ4v) is 2.73. The average Bonchev–Trinajstić information content (AvgIpc) is 2.96. The first-order chi connectivity index (χ1) is 10.0. The molecule has 114 valence electrons. The second-order valence-electron chi connectivity index (χ2n) is 5.63. The minimum absolute atomic E-state index is 0.175. The molecule has 2 rings (SSSR count). The number of pyridine rings is 1. The lowest BCUT2D eigenvalue weighted by atomic mass is 9.86. The Balaban J connectivity index is 1.86. The number of hydrogen-bond donors (Lipinski definition) is 3. The highest BCUT2D eigenvalue weighted by molar-refractivity contribution is 5.78. The van der Waals surface area contributed by atoms with E-state index in [0.29, 0.717) is 12.8 Å². The number of nitrogens with zero attached hydrogens (tertiary/aromatic N) is 1. The van der Waals surface area contributed by atoms with Gasteiger partial charge in [0, 0.05) is 18.9 Å². The first kappa shape index (κ1) is 15.3. The van der Waals surface area contributed by atoms with Crippen molar-refractivity contribution in [3.05, 3.63) is 30.1 Å². The van der Waals surface area contributed by atoms with E-state index in [2.05, 4.69) is 15.6 Å². The van der Waals surface area contributed by atoms with E-state index in [1.807, 2.05) is 19.1 Å². The number of urea groups is 1. The maximum Gasteiger partial charge on any atom is 0.315 e. The molecule has 6 heteroatoms. The number of carbonyl (C=O) groups excluding carboxylic acids is 1. The molecule has 0 aromatic carbocycles. The van der Waals surface area contributed by atoms with Crippen molar-refractivity contribution >= 4 is 12.0 Å². The van der Waals surface area contributed by atoms with Crippen molar-refractivity contribution in [3.8, 4) is 0 Å². The number of aliphatic carboxylic acids is 1. The van der Waals surface area contributed by atoms with Crippen molar-refractivity contribution in [2.45, 2.75) is 38.6 Å². The smallest absolute Gasteiger partial charge is 0.315 e. The molecule has 1 aromatic heterocycles. The normalized spacial score (nSPS) is 18.0. The summed E-state index contributed by atoms with van der Waals surface area (Å²) in [7, 11) is 0. The molecule has 0 bridgehead atoms. The second-order valence-corrected chi connectivity index (χ2v) is 5.63. The zero-order valence-electron chi connectivity index (χ0n) is 12.1. The van der Waals surface area contributed by atoms with Crippen molar-refractivity contribution in [2.75, 3.05) is 6.54 Å². The quantitative estimate of drug-likeness (QED) is 0.774. The zero-order valence-corrected chi connectivity index (χ0v) is 12.1. The molecule has 3 N–H and O–H groups in total. The molecule has 1 fully saturated rings. The second kappa shape index (κ2) is 6.56. The molecule has 0 radical (unpaired) electrons. The van der Waals surface area contributed by atoms with Crippen molar-refractivity contribution in [1.29, 1.82) is 0 Å². The fourth-order valence-electron chi connectivity index (χ4n) is 2.73. The van der Waals surface area contributed by atoms with Crippen molar-refractivity contribution < 1.29 is 14.7 Å². The zero-order chi connectivity index (χ0) is 15.3. The van der Waals surface area contributed by atoms with E-state index in [4.69, 9.17) is 0 Å². The SMILES string of the molecule is CC(NC(=O)NCC1(C(=O)O)CCCC1)c1cccnc1. The predicted octanol–water partition coefficient (Wildman–Crippen LogP) is 2.09. The van der Waals surface area contributed by atoms with Gasteiger partial charge >= 0.3 is 12.0 Å². The van der Waals surface area contributed by atoms with Crippen LogP contribution in [0.3, 0.4) is 0 Å². The summed E-state index contributed by atoms with van der Waals surface area (Å²) in [6.45, 7) is 2.03. The van der Waals surface area contributed by atoms with Crippen LogP contribution in [-0.4, -0.2) is 28.6 Å². The van der Waals surface area contributed by atoms with E-state index < -0.39 is 11.4 Å². The summed E-state index contributed by atoms with van der Waals surface area (Å²) in [6, 6.07) is 3.17. The summed E-state index contributed by atoms with van der Waals surface area (Å²) in [6.07, 6.45) is 6.43. The highest BCUT2D eigenvalue weighted by Gasteiger charge is 2.41. The summed E-state index contributed by atoms with van der Waals surface area (Å²) in [4.78, 5) is 27.3. The van der Waals surface area contributed by atoms with Gasteiger partial charge in [-0.05, 0) is 31.4 Å². The molecule has 1 aliphatic rings. The molecular weight excluding hydrogens is 270 g/mol. The van der Waals surface area contributed by atoms with Gasteiger partial charge in [-0.15, -0.1) is 0 Å². The molecule has 2 amide bonds. The molecule has 1 unspecified atom stereocenters. The molecule has 1 atom stereocenters. The van der Waals surface area contributed by atoms with Crippen LogP contribution in [-0.2, 0) is 4.79 Å². The Morgan fingerprint density at radius 2 is 2.14 bits per heavy atom. The van der Waals surface area contributed by atoms with Gasteiger partial charge in [0.15, 0.2) is 0 Å². The lowest BCUT2D eigenvalue weighted by molar-refractivity contribution is -0.148. The Labute approximate surface area is 124 Å². The number of aromatic nitrogens is 1. The van der Waals surface area contributed by atoms with Gasteiger partial charge < -0.3 is 15.7 Å². The average molecular weight is 291 g/mol. The highest BCUT2D eigenvalue weighted by Crippen LogP contribution is 2.37. The van der Waals surface area contributed by atoms with E-state index in [0.717, 1.165) is 18.4 Å². The molecule has 21 heavy (non-hydrogen) atoms. The van der Waals surface area contributed by atoms with E-state index in [9.17, 15) is 14.7 Å². The third-order valence-corrected chi connectivity index (χ3v) is 4.13. The minimum Gasteiger partial charge on any atom is -0.481 e. The molecule has 1 heterocycles. The lowest BCUT2D eigenvalue weighted by Gasteiger charge is -2.24. The Hall–Kier alpha value is -2.11. The number of carboxylic acids is 1. The molecule has 0 saturated heterocycles. The first-order valence-electron chi connectivity index (χ1n) is 7.21.